The monoisotopic (exact) mass is 369 g/mol. The average Bonchev–Trinajstić information content (AvgIpc) is 3.18. The van der Waals surface area contributed by atoms with Crippen LogP contribution in [0.15, 0.2) is 34.2 Å². The van der Waals surface area contributed by atoms with Crippen molar-refractivity contribution in [3.8, 4) is 0 Å². The van der Waals surface area contributed by atoms with Gasteiger partial charge in [-0.05, 0) is 43.5 Å². The lowest BCUT2D eigenvalue weighted by molar-refractivity contribution is -0.115. The maximum atomic E-state index is 13.1. The van der Waals surface area contributed by atoms with Gasteiger partial charge in [0.15, 0.2) is 5.17 Å². The van der Waals surface area contributed by atoms with E-state index in [2.05, 4.69) is 16.8 Å². The second kappa shape index (κ2) is 7.27. The second-order valence-electron chi connectivity index (χ2n) is 6.88. The number of hydrogen-bond acceptors (Lipinski definition) is 4. The molecule has 1 aromatic carbocycles. The molecule has 6 heteroatoms. The van der Waals surface area contributed by atoms with Crippen molar-refractivity contribution in [3.05, 3.63) is 34.7 Å². The van der Waals surface area contributed by atoms with E-state index in [1.54, 1.807) is 0 Å². The van der Waals surface area contributed by atoms with Crippen LogP contribution in [0.5, 0.6) is 0 Å². The number of likely N-dealkylation sites (tertiary alicyclic amines) is 1. The largest absolute Gasteiger partial charge is 0.351 e. The molecule has 0 atom stereocenters. The number of unbranched alkanes of at least 4 members (excludes halogenated alkanes) is 1. The third kappa shape index (κ3) is 2.96. The summed E-state index contributed by atoms with van der Waals surface area (Å²) >= 11 is 1.37. The summed E-state index contributed by atoms with van der Waals surface area (Å²) in [5.74, 6) is -0.336. The summed E-state index contributed by atoms with van der Waals surface area (Å²) in [6.45, 7) is 4.67. The number of hydrogen-bond donors (Lipinski definition) is 0. The molecule has 0 spiro atoms. The van der Waals surface area contributed by atoms with E-state index in [1.165, 1.54) is 18.2 Å². The van der Waals surface area contributed by atoms with Crippen LogP contribution in [0.2, 0.25) is 0 Å². The van der Waals surface area contributed by atoms with E-state index in [-0.39, 0.29) is 11.8 Å². The zero-order chi connectivity index (χ0) is 18.1. The number of piperidine rings is 1. The van der Waals surface area contributed by atoms with E-state index in [9.17, 15) is 9.59 Å². The minimum Gasteiger partial charge on any atom is -0.351 e. The van der Waals surface area contributed by atoms with Crippen molar-refractivity contribution in [2.45, 2.75) is 39.0 Å². The number of carbonyl (C=O) groups excluding carboxylic acids is 2. The van der Waals surface area contributed by atoms with Crippen molar-refractivity contribution >= 4 is 40.0 Å². The summed E-state index contributed by atoms with van der Waals surface area (Å²) in [5.41, 5.74) is 2.30. The molecule has 0 bridgehead atoms. The van der Waals surface area contributed by atoms with Crippen molar-refractivity contribution < 1.29 is 9.59 Å². The number of para-hydroxylation sites is 1. The zero-order valence-corrected chi connectivity index (χ0v) is 15.8. The van der Waals surface area contributed by atoms with Gasteiger partial charge in [-0.2, -0.15) is 4.99 Å². The normalized spacial score (nSPS) is 22.9. The smallest absolute Gasteiger partial charge is 0.287 e. The number of carbonyl (C=O) groups is 2. The van der Waals surface area contributed by atoms with Crippen molar-refractivity contribution in [2.75, 3.05) is 24.5 Å². The third-order valence-corrected chi connectivity index (χ3v) is 6.21. The van der Waals surface area contributed by atoms with Crippen molar-refractivity contribution in [2.24, 2.45) is 4.99 Å². The molecule has 1 saturated heterocycles. The summed E-state index contributed by atoms with van der Waals surface area (Å²) in [5, 5.41) is 0.759. The molecule has 3 aliphatic rings. The number of rotatable bonds is 3. The van der Waals surface area contributed by atoms with Gasteiger partial charge < -0.3 is 9.80 Å². The summed E-state index contributed by atoms with van der Waals surface area (Å²) < 4.78 is 0. The first-order valence-corrected chi connectivity index (χ1v) is 10.2. The Morgan fingerprint density at radius 1 is 1.12 bits per heavy atom. The van der Waals surface area contributed by atoms with E-state index >= 15 is 0 Å². The summed E-state index contributed by atoms with van der Waals surface area (Å²) in [6, 6.07) is 7.77. The Hall–Kier alpha value is -2.08. The van der Waals surface area contributed by atoms with Crippen molar-refractivity contribution in [1.82, 2.24) is 4.90 Å². The van der Waals surface area contributed by atoms with Crippen LogP contribution in [0, 0.1) is 0 Å². The minimum absolute atomic E-state index is 0.0643. The van der Waals surface area contributed by atoms with Crippen molar-refractivity contribution in [3.63, 3.8) is 0 Å². The first-order chi connectivity index (χ1) is 12.7. The molecular weight excluding hydrogens is 346 g/mol. The van der Waals surface area contributed by atoms with Gasteiger partial charge in [-0.3, -0.25) is 9.59 Å². The Morgan fingerprint density at radius 2 is 1.88 bits per heavy atom. The van der Waals surface area contributed by atoms with Gasteiger partial charge >= 0.3 is 0 Å². The second-order valence-corrected chi connectivity index (χ2v) is 7.86. The number of nitrogens with zero attached hydrogens (tertiary/aromatic N) is 3. The van der Waals surface area contributed by atoms with Crippen LogP contribution in [0.1, 0.15) is 44.6 Å². The van der Waals surface area contributed by atoms with E-state index in [4.69, 9.17) is 0 Å². The molecule has 1 fully saturated rings. The zero-order valence-electron chi connectivity index (χ0n) is 15.0. The fourth-order valence-electron chi connectivity index (χ4n) is 3.71. The third-order valence-electron chi connectivity index (χ3n) is 5.10. The van der Waals surface area contributed by atoms with Crippen LogP contribution in [0.25, 0.3) is 5.57 Å². The predicted molar refractivity (Wildman–Crippen MR) is 106 cm³/mol. The molecule has 5 nitrogen and oxygen atoms in total. The predicted octanol–water partition coefficient (Wildman–Crippen LogP) is 3.66. The molecule has 3 aliphatic heterocycles. The van der Waals surface area contributed by atoms with Crippen LogP contribution in [-0.4, -0.2) is 41.5 Å². The van der Waals surface area contributed by atoms with Crippen LogP contribution in [-0.2, 0) is 9.59 Å². The standard InChI is InChI=1S/C20H23N3O2S/c1-2-3-13-23-15-10-6-5-9-14(15)16(19(23)25)17-18(24)21-20(26-17)22-11-7-4-8-12-22/h5-6,9-10H,2-4,7-8,11-13H2,1H3. The topological polar surface area (TPSA) is 53.0 Å². The molecule has 0 saturated carbocycles. The van der Waals surface area contributed by atoms with Gasteiger partial charge in [-0.15, -0.1) is 0 Å². The van der Waals surface area contributed by atoms with Gasteiger partial charge in [0.05, 0.1) is 16.2 Å². The summed E-state index contributed by atoms with van der Waals surface area (Å²) in [6.07, 6.45) is 5.46. The molecule has 0 radical (unpaired) electrons. The molecule has 0 aromatic heterocycles. The van der Waals surface area contributed by atoms with E-state index in [0.29, 0.717) is 17.0 Å². The summed E-state index contributed by atoms with van der Waals surface area (Å²) in [4.78, 5) is 34.5. The maximum absolute atomic E-state index is 13.1. The molecule has 2 amide bonds. The highest BCUT2D eigenvalue weighted by Crippen LogP contribution is 2.43. The molecule has 136 valence electrons. The Kier molecular flexibility index (Phi) is 4.85. The molecule has 26 heavy (non-hydrogen) atoms. The number of benzene rings is 1. The summed E-state index contributed by atoms with van der Waals surface area (Å²) in [7, 11) is 0. The van der Waals surface area contributed by atoms with Gasteiger partial charge in [0.1, 0.15) is 0 Å². The first-order valence-electron chi connectivity index (χ1n) is 9.42. The number of amidine groups is 1. The van der Waals surface area contributed by atoms with Gasteiger partial charge in [-0.25, -0.2) is 0 Å². The van der Waals surface area contributed by atoms with Crippen LogP contribution < -0.4 is 4.90 Å². The number of aliphatic imine (C=N–C) groups is 1. The lowest BCUT2D eigenvalue weighted by Crippen LogP contribution is -2.33. The van der Waals surface area contributed by atoms with Crippen molar-refractivity contribution in [1.29, 1.82) is 0 Å². The highest BCUT2D eigenvalue weighted by atomic mass is 32.2. The fourth-order valence-corrected chi connectivity index (χ4v) is 4.77. The van der Waals surface area contributed by atoms with E-state index in [1.807, 2.05) is 29.2 Å². The number of amides is 2. The van der Waals surface area contributed by atoms with Gasteiger partial charge in [0, 0.05) is 25.2 Å². The van der Waals surface area contributed by atoms with Gasteiger partial charge in [-0.1, -0.05) is 31.5 Å². The van der Waals surface area contributed by atoms with Crippen LogP contribution >= 0.6 is 11.8 Å². The Morgan fingerprint density at radius 3 is 2.65 bits per heavy atom. The fraction of sp³-hybridized carbons (Fsp3) is 0.450. The van der Waals surface area contributed by atoms with Gasteiger partial charge in [0.25, 0.3) is 11.8 Å². The molecule has 1 aromatic rings. The SMILES string of the molecule is CCCCN1C(=O)C(=C2SC(N3CCCCC3)=NC2=O)c2ccccc21. The van der Waals surface area contributed by atoms with Crippen LogP contribution in [0.4, 0.5) is 5.69 Å². The average molecular weight is 369 g/mol. The molecule has 0 N–H and O–H groups in total. The molecular formula is C20H23N3O2S. The maximum Gasteiger partial charge on any atom is 0.287 e. The molecule has 3 heterocycles. The number of fused-ring (bicyclic) bond motifs is 1. The highest BCUT2D eigenvalue weighted by Gasteiger charge is 2.39. The number of anilines is 1. The first kappa shape index (κ1) is 17.3. The van der Waals surface area contributed by atoms with E-state index < -0.39 is 0 Å². The van der Waals surface area contributed by atoms with Crippen LogP contribution in [0.3, 0.4) is 0 Å². The lowest BCUT2D eigenvalue weighted by atomic mass is 10.1. The molecule has 4 rings (SSSR count). The Labute approximate surface area is 158 Å². The van der Waals surface area contributed by atoms with E-state index in [0.717, 1.165) is 55.2 Å². The lowest BCUT2D eigenvalue weighted by Gasteiger charge is -2.27. The number of thioether (sulfide) groups is 1. The minimum atomic E-state index is -0.272. The van der Waals surface area contributed by atoms with Gasteiger partial charge in [0.2, 0.25) is 0 Å². The Bertz CT molecular complexity index is 809. The highest BCUT2D eigenvalue weighted by molar-refractivity contribution is 8.18. The molecule has 0 aliphatic carbocycles. The Balaban J connectivity index is 1.68. The quantitative estimate of drug-likeness (QED) is 0.763. The molecule has 0 unspecified atom stereocenters.